The van der Waals surface area contributed by atoms with E-state index in [0.29, 0.717) is 6.54 Å². The van der Waals surface area contributed by atoms with Crippen LogP contribution < -0.4 is 5.32 Å². The zero-order valence-electron chi connectivity index (χ0n) is 13.6. The lowest BCUT2D eigenvalue weighted by atomic mass is 10.1. The van der Waals surface area contributed by atoms with E-state index in [1.807, 2.05) is 26.2 Å². The van der Waals surface area contributed by atoms with Crippen molar-refractivity contribution in [3.63, 3.8) is 0 Å². The van der Waals surface area contributed by atoms with Gasteiger partial charge in [-0.2, -0.15) is 0 Å². The Bertz CT molecular complexity index is 604. The van der Waals surface area contributed by atoms with Gasteiger partial charge in [0.15, 0.2) is 0 Å². The molecule has 2 atom stereocenters. The largest absolute Gasteiger partial charge is 0.361 e. The van der Waals surface area contributed by atoms with Gasteiger partial charge in [0.05, 0.1) is 16.7 Å². The molecule has 2 rings (SSSR count). The van der Waals surface area contributed by atoms with Crippen molar-refractivity contribution in [2.75, 3.05) is 13.6 Å². The van der Waals surface area contributed by atoms with Crippen molar-refractivity contribution < 1.29 is 9.32 Å². The molecule has 0 saturated carbocycles. The van der Waals surface area contributed by atoms with Crippen LogP contribution in [0.1, 0.15) is 47.8 Å². The van der Waals surface area contributed by atoms with E-state index >= 15 is 0 Å². The first-order chi connectivity index (χ1) is 10.4. The van der Waals surface area contributed by atoms with Gasteiger partial charge in [-0.25, -0.2) is 9.78 Å². The SMILES string of the molecule is Cc1noc(C)c1[C@@H](C)NC(=O)N(C)C[C@@H](C)c1nccs1. The van der Waals surface area contributed by atoms with Crippen molar-refractivity contribution in [2.24, 2.45) is 0 Å². The first-order valence-corrected chi connectivity index (χ1v) is 8.12. The summed E-state index contributed by atoms with van der Waals surface area (Å²) < 4.78 is 5.15. The van der Waals surface area contributed by atoms with Crippen molar-refractivity contribution in [1.29, 1.82) is 0 Å². The fraction of sp³-hybridized carbons (Fsp3) is 0.533. The smallest absolute Gasteiger partial charge is 0.317 e. The van der Waals surface area contributed by atoms with Gasteiger partial charge in [-0.3, -0.25) is 0 Å². The maximum Gasteiger partial charge on any atom is 0.317 e. The fourth-order valence-corrected chi connectivity index (χ4v) is 3.22. The summed E-state index contributed by atoms with van der Waals surface area (Å²) >= 11 is 1.61. The second kappa shape index (κ2) is 6.91. The van der Waals surface area contributed by atoms with E-state index in [0.717, 1.165) is 22.0 Å². The summed E-state index contributed by atoms with van der Waals surface area (Å²) in [5.41, 5.74) is 1.75. The Balaban J connectivity index is 1.94. The Morgan fingerprint density at radius 1 is 1.45 bits per heavy atom. The van der Waals surface area contributed by atoms with Gasteiger partial charge < -0.3 is 14.7 Å². The van der Waals surface area contributed by atoms with Crippen LogP contribution in [-0.4, -0.2) is 34.7 Å². The Hall–Kier alpha value is -1.89. The number of amides is 2. The van der Waals surface area contributed by atoms with Crippen LogP contribution in [0.2, 0.25) is 0 Å². The average molecular weight is 322 g/mol. The molecular formula is C15H22N4O2S. The van der Waals surface area contributed by atoms with Crippen LogP contribution in [0.3, 0.4) is 0 Å². The molecule has 0 aliphatic carbocycles. The number of hydrogen-bond donors (Lipinski definition) is 1. The third-order valence-electron chi connectivity index (χ3n) is 3.63. The quantitative estimate of drug-likeness (QED) is 0.917. The van der Waals surface area contributed by atoms with Crippen LogP contribution >= 0.6 is 11.3 Å². The number of hydrogen-bond acceptors (Lipinski definition) is 5. The molecule has 0 spiro atoms. The molecule has 0 aromatic carbocycles. The lowest BCUT2D eigenvalue weighted by Crippen LogP contribution is -2.40. The van der Waals surface area contributed by atoms with Gasteiger partial charge in [0.2, 0.25) is 0 Å². The third-order valence-corrected chi connectivity index (χ3v) is 4.64. The number of aromatic nitrogens is 2. The van der Waals surface area contributed by atoms with Gasteiger partial charge in [0.1, 0.15) is 5.76 Å². The number of carbonyl (C=O) groups is 1. The van der Waals surface area contributed by atoms with Gasteiger partial charge in [0, 0.05) is 36.7 Å². The molecule has 6 nitrogen and oxygen atoms in total. The first kappa shape index (κ1) is 16.5. The Labute approximate surface area is 134 Å². The third kappa shape index (κ3) is 3.65. The number of nitrogens with one attached hydrogen (secondary N) is 1. The average Bonchev–Trinajstić information content (AvgIpc) is 3.08. The molecule has 0 radical (unpaired) electrons. The van der Waals surface area contributed by atoms with Crippen molar-refractivity contribution in [2.45, 2.75) is 39.7 Å². The fourth-order valence-electron chi connectivity index (χ4n) is 2.53. The van der Waals surface area contributed by atoms with Crippen LogP contribution in [0.25, 0.3) is 0 Å². The van der Waals surface area contributed by atoms with E-state index in [1.54, 1.807) is 29.5 Å². The van der Waals surface area contributed by atoms with Gasteiger partial charge in [0.25, 0.3) is 0 Å². The first-order valence-electron chi connectivity index (χ1n) is 7.24. The number of likely N-dealkylation sites (N-methyl/N-ethyl adjacent to an activating group) is 1. The minimum absolute atomic E-state index is 0.115. The molecule has 2 amide bonds. The maximum absolute atomic E-state index is 12.3. The molecule has 2 aromatic rings. The summed E-state index contributed by atoms with van der Waals surface area (Å²) in [5.74, 6) is 0.953. The van der Waals surface area contributed by atoms with E-state index in [2.05, 4.69) is 22.4 Å². The minimum atomic E-state index is -0.142. The molecule has 0 unspecified atom stereocenters. The minimum Gasteiger partial charge on any atom is -0.361 e. The number of urea groups is 1. The second-order valence-electron chi connectivity index (χ2n) is 5.56. The van der Waals surface area contributed by atoms with Crippen LogP contribution in [0, 0.1) is 13.8 Å². The molecule has 120 valence electrons. The summed E-state index contributed by atoms with van der Waals surface area (Å²) in [5, 5.41) is 9.90. The van der Waals surface area contributed by atoms with E-state index < -0.39 is 0 Å². The Morgan fingerprint density at radius 3 is 2.73 bits per heavy atom. The highest BCUT2D eigenvalue weighted by molar-refractivity contribution is 7.09. The lowest BCUT2D eigenvalue weighted by molar-refractivity contribution is 0.203. The number of rotatable bonds is 5. The summed E-state index contributed by atoms with van der Waals surface area (Å²) in [6, 6.07) is -0.257. The molecule has 0 saturated heterocycles. The van der Waals surface area contributed by atoms with Gasteiger partial charge in [-0.05, 0) is 20.8 Å². The van der Waals surface area contributed by atoms with Crippen molar-refractivity contribution in [1.82, 2.24) is 20.4 Å². The predicted molar refractivity (Wildman–Crippen MR) is 86.1 cm³/mol. The monoisotopic (exact) mass is 322 g/mol. The number of nitrogens with zero attached hydrogens (tertiary/aromatic N) is 3. The molecular weight excluding hydrogens is 300 g/mol. The van der Waals surface area contributed by atoms with Crippen molar-refractivity contribution in [3.05, 3.63) is 33.6 Å². The number of thiazole rings is 1. The molecule has 1 N–H and O–H groups in total. The maximum atomic E-state index is 12.3. The van der Waals surface area contributed by atoms with E-state index in [9.17, 15) is 4.79 Å². The topological polar surface area (TPSA) is 71.3 Å². The molecule has 2 aromatic heterocycles. The summed E-state index contributed by atoms with van der Waals surface area (Å²) in [6.07, 6.45) is 1.79. The zero-order valence-corrected chi connectivity index (χ0v) is 14.4. The van der Waals surface area contributed by atoms with Crippen LogP contribution in [0.15, 0.2) is 16.1 Å². The molecule has 0 aliphatic heterocycles. The van der Waals surface area contributed by atoms with Crippen LogP contribution in [0.5, 0.6) is 0 Å². The van der Waals surface area contributed by atoms with Crippen molar-refractivity contribution >= 4 is 17.4 Å². The summed E-state index contributed by atoms with van der Waals surface area (Å²) in [4.78, 5) is 18.3. The highest BCUT2D eigenvalue weighted by Gasteiger charge is 2.21. The molecule has 0 aliphatic rings. The normalized spacial score (nSPS) is 13.7. The Kier molecular flexibility index (Phi) is 5.18. The highest BCUT2D eigenvalue weighted by Crippen LogP contribution is 2.22. The summed E-state index contributed by atoms with van der Waals surface area (Å²) in [7, 11) is 1.79. The number of aryl methyl sites for hydroxylation is 2. The van der Waals surface area contributed by atoms with E-state index in [1.165, 1.54) is 0 Å². The highest BCUT2D eigenvalue weighted by atomic mass is 32.1. The predicted octanol–water partition coefficient (Wildman–Crippen LogP) is 3.25. The van der Waals surface area contributed by atoms with E-state index in [-0.39, 0.29) is 18.0 Å². The molecule has 0 bridgehead atoms. The second-order valence-corrected chi connectivity index (χ2v) is 6.49. The van der Waals surface area contributed by atoms with Crippen LogP contribution in [0.4, 0.5) is 4.79 Å². The number of carbonyl (C=O) groups excluding carboxylic acids is 1. The molecule has 22 heavy (non-hydrogen) atoms. The summed E-state index contributed by atoms with van der Waals surface area (Å²) in [6.45, 7) is 8.35. The Morgan fingerprint density at radius 2 is 2.18 bits per heavy atom. The van der Waals surface area contributed by atoms with Gasteiger partial charge >= 0.3 is 6.03 Å². The molecule has 7 heteroatoms. The lowest BCUT2D eigenvalue weighted by Gasteiger charge is -2.23. The van der Waals surface area contributed by atoms with Gasteiger partial charge in [-0.1, -0.05) is 12.1 Å². The van der Waals surface area contributed by atoms with Crippen LogP contribution in [-0.2, 0) is 0 Å². The molecule has 2 heterocycles. The standard InChI is InChI=1S/C15H22N4O2S/c1-9(14-16-6-7-22-14)8-19(5)15(20)17-10(2)13-11(3)18-21-12(13)4/h6-7,9-10H,8H2,1-5H3,(H,17,20)/t9-,10-/m1/s1. The van der Waals surface area contributed by atoms with Crippen molar-refractivity contribution in [3.8, 4) is 0 Å². The van der Waals surface area contributed by atoms with Gasteiger partial charge in [-0.15, -0.1) is 11.3 Å². The van der Waals surface area contributed by atoms with E-state index in [4.69, 9.17) is 4.52 Å². The molecule has 0 fully saturated rings. The zero-order chi connectivity index (χ0) is 16.3.